The summed E-state index contributed by atoms with van der Waals surface area (Å²) < 4.78 is 5.15. The maximum Gasteiger partial charge on any atom is 0.295 e. The van der Waals surface area contributed by atoms with E-state index in [1.54, 1.807) is 23.1 Å². The molecule has 0 N–H and O–H groups in total. The molecular formula is C13H15NO3. The van der Waals surface area contributed by atoms with Crippen LogP contribution in [0.1, 0.15) is 15.9 Å². The molecule has 1 amide bonds. The van der Waals surface area contributed by atoms with Crippen LogP contribution in [0.25, 0.3) is 0 Å². The molecule has 0 aromatic heterocycles. The van der Waals surface area contributed by atoms with E-state index in [4.69, 9.17) is 4.74 Å². The van der Waals surface area contributed by atoms with Gasteiger partial charge >= 0.3 is 0 Å². The fourth-order valence-electron chi connectivity index (χ4n) is 1.82. The van der Waals surface area contributed by atoms with Gasteiger partial charge in [-0.1, -0.05) is 23.8 Å². The topological polar surface area (TPSA) is 46.6 Å². The average Bonchev–Trinajstić information content (AvgIpc) is 2.38. The summed E-state index contributed by atoms with van der Waals surface area (Å²) in [6.07, 6.45) is 0. The van der Waals surface area contributed by atoms with Gasteiger partial charge in [0.25, 0.3) is 5.91 Å². The molecule has 1 aliphatic heterocycles. The number of rotatable bonds is 2. The predicted octanol–water partition coefficient (Wildman–Crippen LogP) is 1.04. The van der Waals surface area contributed by atoms with Gasteiger partial charge in [0.15, 0.2) is 0 Å². The van der Waals surface area contributed by atoms with Gasteiger partial charge < -0.3 is 9.64 Å². The average molecular weight is 233 g/mol. The smallest absolute Gasteiger partial charge is 0.295 e. The predicted molar refractivity (Wildman–Crippen MR) is 62.9 cm³/mol. The van der Waals surface area contributed by atoms with Gasteiger partial charge in [-0.2, -0.15) is 0 Å². The van der Waals surface area contributed by atoms with Crippen molar-refractivity contribution in [3.63, 3.8) is 0 Å². The number of carbonyl (C=O) groups excluding carboxylic acids is 2. The minimum Gasteiger partial charge on any atom is -0.378 e. The number of ketones is 1. The van der Waals surface area contributed by atoms with Crippen molar-refractivity contribution in [3.8, 4) is 0 Å². The molecule has 1 aliphatic rings. The summed E-state index contributed by atoms with van der Waals surface area (Å²) in [5.74, 6) is -0.866. The maximum atomic E-state index is 12.0. The Morgan fingerprint density at radius 2 is 1.94 bits per heavy atom. The third-order valence-electron chi connectivity index (χ3n) is 2.77. The first-order chi connectivity index (χ1) is 8.18. The molecular weight excluding hydrogens is 218 g/mol. The number of morpholine rings is 1. The molecule has 1 fully saturated rings. The molecule has 0 saturated carbocycles. The summed E-state index contributed by atoms with van der Waals surface area (Å²) in [5.41, 5.74) is 1.44. The number of nitrogens with zero attached hydrogens (tertiary/aromatic N) is 1. The second-order valence-electron chi connectivity index (χ2n) is 4.10. The van der Waals surface area contributed by atoms with Gasteiger partial charge in [0.2, 0.25) is 5.78 Å². The van der Waals surface area contributed by atoms with Gasteiger partial charge in [0.1, 0.15) is 0 Å². The second kappa shape index (κ2) is 5.10. The zero-order valence-electron chi connectivity index (χ0n) is 9.81. The van der Waals surface area contributed by atoms with Gasteiger partial charge in [-0.25, -0.2) is 0 Å². The molecule has 4 heteroatoms. The quantitative estimate of drug-likeness (QED) is 0.566. The van der Waals surface area contributed by atoms with Crippen molar-refractivity contribution in [1.29, 1.82) is 0 Å². The summed E-state index contributed by atoms with van der Waals surface area (Å²) in [4.78, 5) is 25.4. The van der Waals surface area contributed by atoms with Crippen LogP contribution in [0.4, 0.5) is 0 Å². The maximum absolute atomic E-state index is 12.0. The highest BCUT2D eigenvalue weighted by molar-refractivity contribution is 6.42. The van der Waals surface area contributed by atoms with E-state index in [-0.39, 0.29) is 0 Å². The van der Waals surface area contributed by atoms with Gasteiger partial charge in [0.05, 0.1) is 13.2 Å². The summed E-state index contributed by atoms with van der Waals surface area (Å²) in [6.45, 7) is 3.91. The van der Waals surface area contributed by atoms with E-state index in [0.717, 1.165) is 5.56 Å². The molecule has 4 nitrogen and oxygen atoms in total. The van der Waals surface area contributed by atoms with Crippen molar-refractivity contribution in [2.45, 2.75) is 6.92 Å². The van der Waals surface area contributed by atoms with E-state index >= 15 is 0 Å². The van der Waals surface area contributed by atoms with Crippen molar-refractivity contribution in [2.24, 2.45) is 0 Å². The Hall–Kier alpha value is -1.68. The monoisotopic (exact) mass is 233 g/mol. The molecule has 1 aromatic rings. The highest BCUT2D eigenvalue weighted by atomic mass is 16.5. The van der Waals surface area contributed by atoms with Crippen LogP contribution in [0.15, 0.2) is 24.3 Å². The number of carbonyl (C=O) groups is 2. The minimum absolute atomic E-state index is 0.432. The number of aryl methyl sites for hydroxylation is 1. The van der Waals surface area contributed by atoms with Crippen LogP contribution in [0.5, 0.6) is 0 Å². The van der Waals surface area contributed by atoms with Crippen LogP contribution in [0, 0.1) is 6.92 Å². The van der Waals surface area contributed by atoms with E-state index in [2.05, 4.69) is 0 Å². The zero-order chi connectivity index (χ0) is 12.3. The zero-order valence-corrected chi connectivity index (χ0v) is 9.81. The van der Waals surface area contributed by atoms with Crippen LogP contribution in [-0.2, 0) is 9.53 Å². The molecule has 1 aromatic carbocycles. The second-order valence-corrected chi connectivity index (χ2v) is 4.10. The first kappa shape index (κ1) is 11.8. The van der Waals surface area contributed by atoms with Gasteiger partial charge in [-0.3, -0.25) is 9.59 Å². The lowest BCUT2D eigenvalue weighted by Crippen LogP contribution is -2.44. The number of benzene rings is 1. The van der Waals surface area contributed by atoms with E-state index in [1.165, 1.54) is 0 Å². The van der Waals surface area contributed by atoms with Crippen LogP contribution in [0.2, 0.25) is 0 Å². The lowest BCUT2D eigenvalue weighted by Gasteiger charge is -2.26. The van der Waals surface area contributed by atoms with Crippen molar-refractivity contribution >= 4 is 11.7 Å². The molecule has 1 saturated heterocycles. The van der Waals surface area contributed by atoms with E-state index in [9.17, 15) is 9.59 Å². The molecule has 1 heterocycles. The van der Waals surface area contributed by atoms with Crippen molar-refractivity contribution in [3.05, 3.63) is 35.4 Å². The lowest BCUT2D eigenvalue weighted by molar-refractivity contribution is -0.130. The SMILES string of the molecule is Cc1cccc(C(=O)C(=O)N2CCOCC2)c1. The van der Waals surface area contributed by atoms with Gasteiger partial charge in [-0.15, -0.1) is 0 Å². The van der Waals surface area contributed by atoms with Crippen molar-refractivity contribution < 1.29 is 14.3 Å². The molecule has 90 valence electrons. The first-order valence-electron chi connectivity index (χ1n) is 5.66. The summed E-state index contributed by atoms with van der Waals surface area (Å²) in [5, 5.41) is 0. The Labute approximate surface area is 100 Å². The standard InChI is InChI=1S/C13H15NO3/c1-10-3-2-4-11(9-10)12(15)13(16)14-5-7-17-8-6-14/h2-4,9H,5-8H2,1H3. The Balaban J connectivity index is 2.11. The Kier molecular flexibility index (Phi) is 3.54. The Morgan fingerprint density at radius 1 is 1.24 bits per heavy atom. The molecule has 0 unspecified atom stereocenters. The summed E-state index contributed by atoms with van der Waals surface area (Å²) >= 11 is 0. The molecule has 0 radical (unpaired) electrons. The van der Waals surface area contributed by atoms with E-state index in [0.29, 0.717) is 31.9 Å². The summed E-state index contributed by atoms with van der Waals surface area (Å²) in [7, 11) is 0. The number of hydrogen-bond donors (Lipinski definition) is 0. The van der Waals surface area contributed by atoms with Crippen LogP contribution in [-0.4, -0.2) is 42.9 Å². The summed E-state index contributed by atoms with van der Waals surface area (Å²) in [6, 6.07) is 7.10. The normalized spacial score (nSPS) is 15.7. The molecule has 0 aliphatic carbocycles. The van der Waals surface area contributed by atoms with Crippen LogP contribution < -0.4 is 0 Å². The first-order valence-corrected chi connectivity index (χ1v) is 5.66. The fraction of sp³-hybridized carbons (Fsp3) is 0.385. The van der Waals surface area contributed by atoms with Crippen LogP contribution in [0.3, 0.4) is 0 Å². The largest absolute Gasteiger partial charge is 0.378 e. The van der Waals surface area contributed by atoms with Gasteiger partial charge in [0, 0.05) is 18.7 Å². The molecule has 0 spiro atoms. The highest BCUT2D eigenvalue weighted by Crippen LogP contribution is 2.08. The lowest BCUT2D eigenvalue weighted by atomic mass is 10.1. The third kappa shape index (κ3) is 2.71. The number of Topliss-reactive ketones (excluding diaryl/α,β-unsaturated/α-hetero) is 1. The molecule has 2 rings (SSSR count). The third-order valence-corrected chi connectivity index (χ3v) is 2.77. The van der Waals surface area contributed by atoms with Gasteiger partial charge in [-0.05, 0) is 13.0 Å². The Morgan fingerprint density at radius 3 is 2.59 bits per heavy atom. The number of hydrogen-bond acceptors (Lipinski definition) is 3. The molecule has 17 heavy (non-hydrogen) atoms. The van der Waals surface area contributed by atoms with E-state index in [1.807, 2.05) is 13.0 Å². The molecule has 0 bridgehead atoms. The highest BCUT2D eigenvalue weighted by Gasteiger charge is 2.24. The van der Waals surface area contributed by atoms with Crippen LogP contribution >= 0.6 is 0 Å². The Bertz CT molecular complexity index is 436. The number of amides is 1. The fourth-order valence-corrected chi connectivity index (χ4v) is 1.82. The van der Waals surface area contributed by atoms with E-state index < -0.39 is 11.7 Å². The minimum atomic E-state index is -0.435. The van der Waals surface area contributed by atoms with Crippen molar-refractivity contribution in [2.75, 3.05) is 26.3 Å². The van der Waals surface area contributed by atoms with Crippen molar-refractivity contribution in [1.82, 2.24) is 4.90 Å². The molecule has 0 atom stereocenters. The number of ether oxygens (including phenoxy) is 1.